The van der Waals surface area contributed by atoms with Crippen molar-refractivity contribution >= 4 is 5.78 Å². The molecule has 0 radical (unpaired) electrons. The van der Waals surface area contributed by atoms with Gasteiger partial charge in [0.25, 0.3) is 0 Å². The Morgan fingerprint density at radius 2 is 2.22 bits per heavy atom. The van der Waals surface area contributed by atoms with E-state index in [9.17, 15) is 4.79 Å². The number of methoxy groups -OCH3 is 1. The molecule has 3 heteroatoms. The summed E-state index contributed by atoms with van der Waals surface area (Å²) in [6.07, 6.45) is 3.90. The van der Waals surface area contributed by atoms with E-state index in [1.165, 1.54) is 0 Å². The van der Waals surface area contributed by atoms with Gasteiger partial charge in [0.1, 0.15) is 5.75 Å². The number of benzene rings is 1. The van der Waals surface area contributed by atoms with Gasteiger partial charge < -0.3 is 10.1 Å². The van der Waals surface area contributed by atoms with Crippen molar-refractivity contribution in [1.82, 2.24) is 5.32 Å². The highest BCUT2D eigenvalue weighted by atomic mass is 16.5. The summed E-state index contributed by atoms with van der Waals surface area (Å²) < 4.78 is 5.30. The SMILES string of the molecule is CCCC1(C(=O)c2ccccc2OC)CCCN1. The number of ether oxygens (including phenoxy) is 1. The zero-order valence-electron chi connectivity index (χ0n) is 11.2. The summed E-state index contributed by atoms with van der Waals surface area (Å²) in [4.78, 5) is 12.8. The first-order valence-electron chi connectivity index (χ1n) is 6.66. The van der Waals surface area contributed by atoms with Crippen LogP contribution in [0.3, 0.4) is 0 Å². The van der Waals surface area contributed by atoms with E-state index in [-0.39, 0.29) is 11.3 Å². The minimum atomic E-state index is -0.372. The molecule has 1 saturated heterocycles. The minimum absolute atomic E-state index is 0.180. The average Bonchev–Trinajstić information content (AvgIpc) is 2.88. The van der Waals surface area contributed by atoms with Gasteiger partial charge in [-0.05, 0) is 37.9 Å². The zero-order chi connectivity index (χ0) is 13.0. The first kappa shape index (κ1) is 13.1. The van der Waals surface area contributed by atoms with Gasteiger partial charge >= 0.3 is 0 Å². The summed E-state index contributed by atoms with van der Waals surface area (Å²) in [6.45, 7) is 3.05. The Morgan fingerprint density at radius 3 is 2.83 bits per heavy atom. The van der Waals surface area contributed by atoms with Crippen LogP contribution in [0.1, 0.15) is 43.0 Å². The Morgan fingerprint density at radius 1 is 1.44 bits per heavy atom. The van der Waals surface area contributed by atoms with Crippen molar-refractivity contribution in [3.05, 3.63) is 29.8 Å². The van der Waals surface area contributed by atoms with Crippen LogP contribution in [0.5, 0.6) is 5.75 Å². The lowest BCUT2D eigenvalue weighted by Gasteiger charge is -2.28. The van der Waals surface area contributed by atoms with Gasteiger partial charge in [0.2, 0.25) is 0 Å². The van der Waals surface area contributed by atoms with E-state index in [1.54, 1.807) is 7.11 Å². The molecule has 0 amide bonds. The molecular weight excluding hydrogens is 226 g/mol. The summed E-state index contributed by atoms with van der Waals surface area (Å²) in [6, 6.07) is 7.49. The molecule has 18 heavy (non-hydrogen) atoms. The van der Waals surface area contributed by atoms with Gasteiger partial charge in [-0.15, -0.1) is 0 Å². The molecule has 0 bridgehead atoms. The quantitative estimate of drug-likeness (QED) is 0.813. The lowest BCUT2D eigenvalue weighted by Crippen LogP contribution is -2.47. The molecule has 1 N–H and O–H groups in total. The van der Waals surface area contributed by atoms with E-state index in [4.69, 9.17) is 4.74 Å². The van der Waals surface area contributed by atoms with Crippen molar-refractivity contribution in [2.45, 2.75) is 38.1 Å². The fraction of sp³-hybridized carbons (Fsp3) is 0.533. The average molecular weight is 247 g/mol. The smallest absolute Gasteiger partial charge is 0.186 e. The highest BCUT2D eigenvalue weighted by Gasteiger charge is 2.41. The third-order valence-electron chi connectivity index (χ3n) is 3.71. The number of carbonyl (C=O) groups excluding carboxylic acids is 1. The van der Waals surface area contributed by atoms with Crippen molar-refractivity contribution in [2.75, 3.05) is 13.7 Å². The fourth-order valence-corrected chi connectivity index (χ4v) is 2.84. The second-order valence-corrected chi connectivity index (χ2v) is 4.89. The Kier molecular flexibility index (Phi) is 4.02. The van der Waals surface area contributed by atoms with Crippen LogP contribution in [-0.2, 0) is 0 Å². The van der Waals surface area contributed by atoms with Crippen LogP contribution in [0, 0.1) is 0 Å². The number of para-hydroxylation sites is 1. The van der Waals surface area contributed by atoms with Crippen molar-refractivity contribution in [1.29, 1.82) is 0 Å². The normalized spacial score (nSPS) is 23.0. The molecule has 1 aliphatic rings. The Labute approximate surface area is 109 Å². The lowest BCUT2D eigenvalue weighted by atomic mass is 9.83. The van der Waals surface area contributed by atoms with E-state index in [0.29, 0.717) is 11.3 Å². The third-order valence-corrected chi connectivity index (χ3v) is 3.71. The van der Waals surface area contributed by atoms with E-state index >= 15 is 0 Å². The summed E-state index contributed by atoms with van der Waals surface area (Å²) in [5.74, 6) is 0.853. The molecule has 1 aromatic carbocycles. The summed E-state index contributed by atoms with van der Waals surface area (Å²) in [7, 11) is 1.61. The van der Waals surface area contributed by atoms with Gasteiger partial charge in [-0.3, -0.25) is 4.79 Å². The molecule has 1 unspecified atom stereocenters. The standard InChI is InChI=1S/C15H21NO2/c1-3-9-15(10-6-11-16-15)14(17)12-7-4-5-8-13(12)18-2/h4-5,7-8,16H,3,6,9-11H2,1-2H3. The first-order chi connectivity index (χ1) is 8.73. The zero-order valence-corrected chi connectivity index (χ0v) is 11.2. The van der Waals surface area contributed by atoms with Crippen LogP contribution < -0.4 is 10.1 Å². The van der Waals surface area contributed by atoms with Crippen LogP contribution in [-0.4, -0.2) is 25.0 Å². The number of ketones is 1. The van der Waals surface area contributed by atoms with Crippen molar-refractivity contribution in [3.8, 4) is 5.75 Å². The molecule has 98 valence electrons. The second kappa shape index (κ2) is 5.53. The van der Waals surface area contributed by atoms with Crippen LogP contribution in [0.4, 0.5) is 0 Å². The number of hydrogen-bond donors (Lipinski definition) is 1. The summed E-state index contributed by atoms with van der Waals surface area (Å²) >= 11 is 0. The maximum atomic E-state index is 12.8. The van der Waals surface area contributed by atoms with Crippen LogP contribution in [0.25, 0.3) is 0 Å². The predicted molar refractivity (Wildman–Crippen MR) is 72.2 cm³/mol. The van der Waals surface area contributed by atoms with Crippen LogP contribution in [0.2, 0.25) is 0 Å². The number of nitrogens with one attached hydrogen (secondary N) is 1. The molecule has 0 aliphatic carbocycles. The van der Waals surface area contributed by atoms with Crippen molar-refractivity contribution in [3.63, 3.8) is 0 Å². The first-order valence-corrected chi connectivity index (χ1v) is 6.66. The maximum absolute atomic E-state index is 12.8. The molecule has 1 aliphatic heterocycles. The van der Waals surface area contributed by atoms with E-state index in [2.05, 4.69) is 12.2 Å². The van der Waals surface area contributed by atoms with Gasteiger partial charge in [-0.25, -0.2) is 0 Å². The maximum Gasteiger partial charge on any atom is 0.186 e. The van der Waals surface area contributed by atoms with Crippen LogP contribution >= 0.6 is 0 Å². The topological polar surface area (TPSA) is 38.3 Å². The number of rotatable bonds is 5. The largest absolute Gasteiger partial charge is 0.496 e. The molecule has 1 aromatic rings. The molecule has 0 spiro atoms. The predicted octanol–water partition coefficient (Wildman–Crippen LogP) is 2.80. The van der Waals surface area contributed by atoms with E-state index in [1.807, 2.05) is 24.3 Å². The number of Topliss-reactive ketones (excluding diaryl/α,β-unsaturated/α-hetero) is 1. The second-order valence-electron chi connectivity index (χ2n) is 4.89. The van der Waals surface area contributed by atoms with Crippen molar-refractivity contribution in [2.24, 2.45) is 0 Å². The third kappa shape index (κ3) is 2.27. The molecular formula is C15H21NO2. The van der Waals surface area contributed by atoms with Gasteiger partial charge in [-0.2, -0.15) is 0 Å². The van der Waals surface area contributed by atoms with E-state index < -0.39 is 0 Å². The summed E-state index contributed by atoms with van der Waals surface area (Å²) in [5.41, 5.74) is 0.325. The number of hydrogen-bond acceptors (Lipinski definition) is 3. The Balaban J connectivity index is 2.33. The minimum Gasteiger partial charge on any atom is -0.496 e. The van der Waals surface area contributed by atoms with Crippen molar-refractivity contribution < 1.29 is 9.53 Å². The molecule has 1 fully saturated rings. The Hall–Kier alpha value is -1.35. The van der Waals surface area contributed by atoms with Gasteiger partial charge in [0.05, 0.1) is 18.2 Å². The molecule has 3 nitrogen and oxygen atoms in total. The monoisotopic (exact) mass is 247 g/mol. The molecule has 1 atom stereocenters. The van der Waals surface area contributed by atoms with Gasteiger partial charge in [0, 0.05) is 0 Å². The fourth-order valence-electron chi connectivity index (χ4n) is 2.84. The summed E-state index contributed by atoms with van der Waals surface area (Å²) in [5, 5.41) is 3.42. The molecule has 1 heterocycles. The molecule has 2 rings (SSSR count). The van der Waals surface area contributed by atoms with Gasteiger partial charge in [0.15, 0.2) is 5.78 Å². The Bertz CT molecular complexity index is 422. The molecule has 0 saturated carbocycles. The number of carbonyl (C=O) groups is 1. The highest BCUT2D eigenvalue weighted by Crippen LogP contribution is 2.31. The van der Waals surface area contributed by atoms with Gasteiger partial charge in [-0.1, -0.05) is 25.5 Å². The van der Waals surface area contributed by atoms with Crippen LogP contribution in [0.15, 0.2) is 24.3 Å². The molecule has 0 aromatic heterocycles. The highest BCUT2D eigenvalue weighted by molar-refractivity contribution is 6.05. The van der Waals surface area contributed by atoms with E-state index in [0.717, 1.165) is 32.2 Å². The lowest BCUT2D eigenvalue weighted by molar-refractivity contribution is 0.0854.